The van der Waals surface area contributed by atoms with Gasteiger partial charge in [0.25, 0.3) is 0 Å². The zero-order chi connectivity index (χ0) is 12.5. The molecule has 92 valence electrons. The summed E-state index contributed by atoms with van der Waals surface area (Å²) in [7, 11) is 0. The molecule has 1 unspecified atom stereocenters. The van der Waals surface area contributed by atoms with Crippen LogP contribution in [0.1, 0.15) is 25.8 Å². The second-order valence-electron chi connectivity index (χ2n) is 5.21. The number of hydrogen-bond donors (Lipinski definition) is 3. The van der Waals surface area contributed by atoms with Gasteiger partial charge in [-0.25, -0.2) is 0 Å². The Bertz CT molecular complexity index is 500. The van der Waals surface area contributed by atoms with E-state index in [1.54, 1.807) is 0 Å². The summed E-state index contributed by atoms with van der Waals surface area (Å²) in [6.07, 6.45) is 3.20. The molecule has 0 aliphatic rings. The van der Waals surface area contributed by atoms with Crippen molar-refractivity contribution in [2.75, 3.05) is 0 Å². The smallest absolute Gasteiger partial charge is 0.0675 e. The van der Waals surface area contributed by atoms with Gasteiger partial charge in [0.1, 0.15) is 0 Å². The minimum absolute atomic E-state index is 0.00945. The van der Waals surface area contributed by atoms with Gasteiger partial charge in [-0.2, -0.15) is 0 Å². The molecule has 4 N–H and O–H groups in total. The molecule has 0 aliphatic carbocycles. The first-order valence-corrected chi connectivity index (χ1v) is 6.01. The fourth-order valence-electron chi connectivity index (χ4n) is 2.45. The minimum Gasteiger partial charge on any atom is -0.390 e. The molecular formula is C14H20N2O. The van der Waals surface area contributed by atoms with Crippen molar-refractivity contribution < 1.29 is 5.11 Å². The van der Waals surface area contributed by atoms with Crippen LogP contribution in [-0.4, -0.2) is 21.7 Å². The standard InChI is InChI=1S/C14H20N2O/c1-10(15)7-14(2,17)8-11-9-16-13-6-4-3-5-12(11)13/h3-6,9-10,16-17H,7-8,15H2,1-2H3/t10-,14?/m0/s1. The first-order valence-electron chi connectivity index (χ1n) is 6.01. The molecule has 1 heterocycles. The van der Waals surface area contributed by atoms with Gasteiger partial charge in [0, 0.05) is 29.6 Å². The van der Waals surface area contributed by atoms with Gasteiger partial charge in [-0.15, -0.1) is 0 Å². The molecule has 3 heteroatoms. The molecular weight excluding hydrogens is 212 g/mol. The predicted molar refractivity (Wildman–Crippen MR) is 70.9 cm³/mol. The topological polar surface area (TPSA) is 62.0 Å². The van der Waals surface area contributed by atoms with Crippen molar-refractivity contribution in [2.24, 2.45) is 5.73 Å². The van der Waals surface area contributed by atoms with Crippen LogP contribution in [0.2, 0.25) is 0 Å². The normalized spacial score (nSPS) is 16.9. The molecule has 1 aromatic heterocycles. The van der Waals surface area contributed by atoms with Crippen LogP contribution in [0.15, 0.2) is 30.5 Å². The first-order chi connectivity index (χ1) is 7.98. The van der Waals surface area contributed by atoms with E-state index in [0.717, 1.165) is 11.1 Å². The lowest BCUT2D eigenvalue weighted by atomic mass is 9.90. The average Bonchev–Trinajstić information content (AvgIpc) is 2.59. The number of rotatable bonds is 4. The number of para-hydroxylation sites is 1. The third kappa shape index (κ3) is 2.87. The number of fused-ring (bicyclic) bond motifs is 1. The lowest BCUT2D eigenvalue weighted by molar-refractivity contribution is 0.0463. The molecule has 0 bridgehead atoms. The van der Waals surface area contributed by atoms with Crippen LogP contribution in [0, 0.1) is 0 Å². The minimum atomic E-state index is -0.751. The van der Waals surface area contributed by atoms with Crippen LogP contribution in [0.4, 0.5) is 0 Å². The molecule has 2 aromatic rings. The predicted octanol–water partition coefficient (Wildman–Crippen LogP) is 2.20. The Morgan fingerprint density at radius 3 is 2.82 bits per heavy atom. The zero-order valence-electron chi connectivity index (χ0n) is 10.4. The van der Waals surface area contributed by atoms with Gasteiger partial charge >= 0.3 is 0 Å². The maximum Gasteiger partial charge on any atom is 0.0675 e. The fraction of sp³-hybridized carbons (Fsp3) is 0.429. The Morgan fingerprint density at radius 2 is 2.12 bits per heavy atom. The van der Waals surface area contributed by atoms with Gasteiger partial charge in [-0.05, 0) is 31.9 Å². The summed E-state index contributed by atoms with van der Waals surface area (Å²) in [6, 6.07) is 8.14. The summed E-state index contributed by atoms with van der Waals surface area (Å²) in [5.74, 6) is 0. The Balaban J connectivity index is 2.23. The molecule has 2 rings (SSSR count). The molecule has 0 spiro atoms. The summed E-state index contributed by atoms with van der Waals surface area (Å²) < 4.78 is 0. The first kappa shape index (κ1) is 12.1. The molecule has 0 saturated carbocycles. The maximum atomic E-state index is 10.3. The SMILES string of the molecule is C[C@H](N)CC(C)(O)Cc1c[nH]c2ccccc12. The Morgan fingerprint density at radius 1 is 1.41 bits per heavy atom. The summed E-state index contributed by atoms with van der Waals surface area (Å²) in [6.45, 7) is 3.77. The van der Waals surface area contributed by atoms with Crippen molar-refractivity contribution in [3.63, 3.8) is 0 Å². The van der Waals surface area contributed by atoms with Crippen LogP contribution in [-0.2, 0) is 6.42 Å². The number of H-pyrrole nitrogens is 1. The zero-order valence-corrected chi connectivity index (χ0v) is 10.4. The second-order valence-corrected chi connectivity index (χ2v) is 5.21. The highest BCUT2D eigenvalue weighted by Crippen LogP contribution is 2.24. The quantitative estimate of drug-likeness (QED) is 0.756. The number of hydrogen-bond acceptors (Lipinski definition) is 2. The summed E-state index contributed by atoms with van der Waals surface area (Å²) in [5.41, 5.74) is 7.26. The summed E-state index contributed by atoms with van der Waals surface area (Å²) >= 11 is 0. The van der Waals surface area contributed by atoms with Crippen molar-refractivity contribution in [1.82, 2.24) is 4.98 Å². The largest absolute Gasteiger partial charge is 0.390 e. The number of nitrogens with one attached hydrogen (secondary N) is 1. The highest BCUT2D eigenvalue weighted by Gasteiger charge is 2.23. The van der Waals surface area contributed by atoms with Crippen molar-refractivity contribution in [2.45, 2.75) is 38.3 Å². The van der Waals surface area contributed by atoms with Crippen LogP contribution in [0.5, 0.6) is 0 Å². The van der Waals surface area contributed by atoms with Gasteiger partial charge < -0.3 is 15.8 Å². The molecule has 0 radical (unpaired) electrons. The van der Waals surface area contributed by atoms with E-state index in [1.165, 1.54) is 5.39 Å². The Kier molecular flexibility index (Phi) is 3.22. The van der Waals surface area contributed by atoms with Crippen molar-refractivity contribution in [1.29, 1.82) is 0 Å². The van der Waals surface area contributed by atoms with Crippen molar-refractivity contribution >= 4 is 10.9 Å². The second kappa shape index (κ2) is 4.51. The van der Waals surface area contributed by atoms with Crippen LogP contribution >= 0.6 is 0 Å². The highest BCUT2D eigenvalue weighted by molar-refractivity contribution is 5.83. The fourth-order valence-corrected chi connectivity index (χ4v) is 2.45. The molecule has 1 aromatic carbocycles. The summed E-state index contributed by atoms with van der Waals surface area (Å²) in [5, 5.41) is 11.5. The van der Waals surface area contributed by atoms with Crippen LogP contribution in [0.3, 0.4) is 0 Å². The van der Waals surface area contributed by atoms with E-state index in [1.807, 2.05) is 38.2 Å². The molecule has 0 fully saturated rings. The van der Waals surface area contributed by atoms with Gasteiger partial charge in [0.15, 0.2) is 0 Å². The molecule has 17 heavy (non-hydrogen) atoms. The Labute approximate surface area is 102 Å². The van der Waals surface area contributed by atoms with E-state index in [9.17, 15) is 5.11 Å². The van der Waals surface area contributed by atoms with E-state index < -0.39 is 5.60 Å². The van der Waals surface area contributed by atoms with Crippen molar-refractivity contribution in [3.8, 4) is 0 Å². The molecule has 0 saturated heterocycles. The van der Waals surface area contributed by atoms with Crippen molar-refractivity contribution in [3.05, 3.63) is 36.0 Å². The molecule has 0 aliphatic heterocycles. The highest BCUT2D eigenvalue weighted by atomic mass is 16.3. The van der Waals surface area contributed by atoms with Crippen LogP contribution < -0.4 is 5.73 Å². The lowest BCUT2D eigenvalue weighted by Gasteiger charge is -2.25. The van der Waals surface area contributed by atoms with Gasteiger partial charge in [-0.1, -0.05) is 18.2 Å². The lowest BCUT2D eigenvalue weighted by Crippen LogP contribution is -2.34. The number of aliphatic hydroxyl groups is 1. The van der Waals surface area contributed by atoms with E-state index in [2.05, 4.69) is 11.1 Å². The number of nitrogens with two attached hydrogens (primary N) is 1. The van der Waals surface area contributed by atoms with Gasteiger partial charge in [0.05, 0.1) is 5.60 Å². The van der Waals surface area contributed by atoms with Gasteiger partial charge in [0.2, 0.25) is 0 Å². The number of benzene rings is 1. The van der Waals surface area contributed by atoms with E-state index in [-0.39, 0.29) is 6.04 Å². The number of aromatic nitrogens is 1. The van der Waals surface area contributed by atoms with Gasteiger partial charge in [-0.3, -0.25) is 0 Å². The van der Waals surface area contributed by atoms with E-state index >= 15 is 0 Å². The molecule has 2 atom stereocenters. The number of aromatic amines is 1. The van der Waals surface area contributed by atoms with Crippen LogP contribution in [0.25, 0.3) is 10.9 Å². The third-order valence-electron chi connectivity index (χ3n) is 3.01. The average molecular weight is 232 g/mol. The third-order valence-corrected chi connectivity index (χ3v) is 3.01. The summed E-state index contributed by atoms with van der Waals surface area (Å²) in [4.78, 5) is 3.22. The van der Waals surface area contributed by atoms with E-state index in [0.29, 0.717) is 12.8 Å². The maximum absolute atomic E-state index is 10.3. The van der Waals surface area contributed by atoms with E-state index in [4.69, 9.17) is 5.73 Å². The Hall–Kier alpha value is -1.32. The molecule has 3 nitrogen and oxygen atoms in total. The monoisotopic (exact) mass is 232 g/mol. The molecule has 0 amide bonds.